The molecule has 0 atom stereocenters. The highest BCUT2D eigenvalue weighted by molar-refractivity contribution is 9.10. The highest BCUT2D eigenvalue weighted by Gasteiger charge is 2.23. The Kier molecular flexibility index (Phi) is 3.32. The third-order valence-electron chi connectivity index (χ3n) is 3.41. The molecule has 7 heteroatoms. The monoisotopic (exact) mass is 332 g/mol. The highest BCUT2D eigenvalue weighted by atomic mass is 79.9. The van der Waals surface area contributed by atoms with Crippen molar-refractivity contribution < 1.29 is 0 Å². The summed E-state index contributed by atoms with van der Waals surface area (Å²) in [6.45, 7) is 0. The second kappa shape index (κ2) is 5.13. The van der Waals surface area contributed by atoms with Gasteiger partial charge in [0.05, 0.1) is 0 Å². The number of halogens is 1. The van der Waals surface area contributed by atoms with Gasteiger partial charge in [0.1, 0.15) is 17.5 Å². The molecular formula is C13H13BrN6. The van der Waals surface area contributed by atoms with Crippen LogP contribution in [0.4, 0.5) is 11.6 Å². The molecule has 1 aliphatic rings. The van der Waals surface area contributed by atoms with E-state index in [1.807, 2.05) is 6.07 Å². The van der Waals surface area contributed by atoms with Crippen LogP contribution in [0.5, 0.6) is 0 Å². The maximum absolute atomic E-state index is 9.26. The molecule has 20 heavy (non-hydrogen) atoms. The van der Waals surface area contributed by atoms with Crippen LogP contribution in [0.25, 0.3) is 5.82 Å². The summed E-state index contributed by atoms with van der Waals surface area (Å²) in [5.41, 5.74) is 6.38. The number of nitrogen functional groups attached to an aromatic ring is 1. The molecule has 0 spiro atoms. The normalized spacial score (nSPS) is 14.6. The van der Waals surface area contributed by atoms with Gasteiger partial charge in [-0.3, -0.25) is 0 Å². The molecule has 6 nitrogen and oxygen atoms in total. The number of nitrogens with one attached hydrogen (secondary N) is 1. The lowest BCUT2D eigenvalue weighted by Crippen LogP contribution is -2.27. The van der Waals surface area contributed by atoms with Crippen molar-refractivity contribution in [2.45, 2.75) is 25.3 Å². The number of pyridine rings is 1. The molecule has 1 aliphatic carbocycles. The number of hydrogen-bond acceptors (Lipinski definition) is 5. The summed E-state index contributed by atoms with van der Waals surface area (Å²) in [6.07, 6.45) is 5.09. The van der Waals surface area contributed by atoms with Crippen molar-refractivity contribution in [2.24, 2.45) is 0 Å². The average Bonchev–Trinajstić information content (AvgIpc) is 2.71. The minimum absolute atomic E-state index is 0.309. The van der Waals surface area contributed by atoms with Gasteiger partial charge in [0, 0.05) is 16.7 Å². The lowest BCUT2D eigenvalue weighted by atomic mass is 9.93. The third kappa shape index (κ3) is 2.23. The Hall–Kier alpha value is -2.07. The number of nitrogens with zero attached hydrogens (tertiary/aromatic N) is 4. The van der Waals surface area contributed by atoms with Crippen molar-refractivity contribution in [3.05, 3.63) is 28.4 Å². The smallest absolute Gasteiger partial charge is 0.169 e. The van der Waals surface area contributed by atoms with Crippen LogP contribution >= 0.6 is 15.9 Å². The van der Waals surface area contributed by atoms with E-state index in [2.05, 4.69) is 37.4 Å². The Morgan fingerprint density at radius 2 is 2.25 bits per heavy atom. The number of nitriles is 1. The summed E-state index contributed by atoms with van der Waals surface area (Å²) >= 11 is 3.33. The van der Waals surface area contributed by atoms with Crippen LogP contribution in [0, 0.1) is 11.3 Å². The SMILES string of the molecule is N#Cc1c(NC2CCC2)nn(-c2ccc(Br)cn2)c1N. The number of nitrogens with two attached hydrogens (primary N) is 1. The summed E-state index contributed by atoms with van der Waals surface area (Å²) in [5, 5.41) is 16.9. The van der Waals surface area contributed by atoms with E-state index in [0.29, 0.717) is 29.1 Å². The predicted molar refractivity (Wildman–Crippen MR) is 79.4 cm³/mol. The van der Waals surface area contributed by atoms with E-state index < -0.39 is 0 Å². The Morgan fingerprint density at radius 3 is 2.80 bits per heavy atom. The van der Waals surface area contributed by atoms with Crippen molar-refractivity contribution in [1.82, 2.24) is 14.8 Å². The van der Waals surface area contributed by atoms with E-state index >= 15 is 0 Å². The van der Waals surface area contributed by atoms with E-state index in [1.54, 1.807) is 12.3 Å². The molecule has 0 aromatic carbocycles. The van der Waals surface area contributed by atoms with Gasteiger partial charge in [-0.25, -0.2) is 4.98 Å². The number of aromatic nitrogens is 3. The molecule has 3 rings (SSSR count). The summed E-state index contributed by atoms with van der Waals surface area (Å²) in [6, 6.07) is 6.15. The summed E-state index contributed by atoms with van der Waals surface area (Å²) in [4.78, 5) is 4.25. The van der Waals surface area contributed by atoms with Crippen LogP contribution < -0.4 is 11.1 Å². The summed E-state index contributed by atoms with van der Waals surface area (Å²) in [5.74, 6) is 1.44. The first-order chi connectivity index (χ1) is 9.69. The maximum atomic E-state index is 9.26. The van der Waals surface area contributed by atoms with E-state index in [1.165, 1.54) is 11.1 Å². The molecule has 102 valence electrons. The lowest BCUT2D eigenvalue weighted by molar-refractivity contribution is 0.444. The van der Waals surface area contributed by atoms with Crippen LogP contribution in [0.15, 0.2) is 22.8 Å². The van der Waals surface area contributed by atoms with Crippen LogP contribution in [0.2, 0.25) is 0 Å². The lowest BCUT2D eigenvalue weighted by Gasteiger charge is -2.26. The quantitative estimate of drug-likeness (QED) is 0.900. The van der Waals surface area contributed by atoms with Gasteiger partial charge >= 0.3 is 0 Å². The zero-order valence-corrected chi connectivity index (χ0v) is 12.3. The Bertz CT molecular complexity index is 665. The average molecular weight is 333 g/mol. The fourth-order valence-corrected chi connectivity index (χ4v) is 2.29. The van der Waals surface area contributed by atoms with Gasteiger partial charge in [0.25, 0.3) is 0 Å². The Morgan fingerprint density at radius 1 is 1.45 bits per heavy atom. The molecule has 2 aromatic rings. The zero-order chi connectivity index (χ0) is 14.1. The van der Waals surface area contributed by atoms with Gasteiger partial charge in [-0.15, -0.1) is 5.10 Å². The number of anilines is 2. The van der Waals surface area contributed by atoms with Crippen LogP contribution in [0.1, 0.15) is 24.8 Å². The zero-order valence-electron chi connectivity index (χ0n) is 10.7. The minimum atomic E-state index is 0.309. The van der Waals surface area contributed by atoms with Crippen molar-refractivity contribution in [3.63, 3.8) is 0 Å². The van der Waals surface area contributed by atoms with E-state index in [0.717, 1.165) is 17.3 Å². The van der Waals surface area contributed by atoms with Gasteiger partial charge in [-0.2, -0.15) is 9.94 Å². The standard InChI is InChI=1S/C13H13BrN6/c14-8-4-5-11(17-7-8)20-12(16)10(6-15)13(19-20)18-9-2-1-3-9/h4-5,7,9H,1-3,16H2,(H,18,19). The first kappa shape index (κ1) is 12.9. The molecule has 0 radical (unpaired) electrons. The molecular weight excluding hydrogens is 320 g/mol. The molecule has 3 N–H and O–H groups in total. The summed E-state index contributed by atoms with van der Waals surface area (Å²) < 4.78 is 2.37. The largest absolute Gasteiger partial charge is 0.382 e. The number of rotatable bonds is 3. The fourth-order valence-electron chi connectivity index (χ4n) is 2.06. The molecule has 0 amide bonds. The molecule has 1 saturated carbocycles. The fraction of sp³-hybridized carbons (Fsp3) is 0.308. The first-order valence-corrected chi connectivity index (χ1v) is 7.15. The van der Waals surface area contributed by atoms with Crippen LogP contribution in [0.3, 0.4) is 0 Å². The van der Waals surface area contributed by atoms with E-state index in [4.69, 9.17) is 5.73 Å². The number of hydrogen-bond donors (Lipinski definition) is 2. The highest BCUT2D eigenvalue weighted by Crippen LogP contribution is 2.28. The van der Waals surface area contributed by atoms with E-state index in [9.17, 15) is 5.26 Å². The Labute approximate surface area is 124 Å². The Balaban J connectivity index is 1.99. The van der Waals surface area contributed by atoms with Gasteiger partial charge in [0.15, 0.2) is 11.6 Å². The first-order valence-electron chi connectivity index (χ1n) is 6.36. The van der Waals surface area contributed by atoms with Crippen molar-refractivity contribution in [2.75, 3.05) is 11.1 Å². The van der Waals surface area contributed by atoms with Crippen molar-refractivity contribution in [3.8, 4) is 11.9 Å². The van der Waals surface area contributed by atoms with Crippen LogP contribution in [-0.2, 0) is 0 Å². The molecule has 2 heterocycles. The van der Waals surface area contributed by atoms with E-state index in [-0.39, 0.29) is 0 Å². The maximum Gasteiger partial charge on any atom is 0.169 e. The second-order valence-corrected chi connectivity index (χ2v) is 5.65. The van der Waals surface area contributed by atoms with Crippen LogP contribution in [-0.4, -0.2) is 20.8 Å². The third-order valence-corrected chi connectivity index (χ3v) is 3.88. The van der Waals surface area contributed by atoms with Gasteiger partial charge < -0.3 is 11.1 Å². The molecule has 0 aliphatic heterocycles. The summed E-state index contributed by atoms with van der Waals surface area (Å²) in [7, 11) is 0. The molecule has 0 saturated heterocycles. The molecule has 1 fully saturated rings. The van der Waals surface area contributed by atoms with Gasteiger partial charge in [-0.1, -0.05) is 0 Å². The van der Waals surface area contributed by atoms with Crippen molar-refractivity contribution >= 4 is 27.6 Å². The molecule has 0 unspecified atom stereocenters. The van der Waals surface area contributed by atoms with Crippen molar-refractivity contribution in [1.29, 1.82) is 5.26 Å². The predicted octanol–water partition coefficient (Wildman–Crippen LogP) is 2.45. The molecule has 2 aromatic heterocycles. The molecule has 0 bridgehead atoms. The van der Waals surface area contributed by atoms with Gasteiger partial charge in [-0.05, 0) is 47.3 Å². The van der Waals surface area contributed by atoms with Gasteiger partial charge in [0.2, 0.25) is 0 Å². The topological polar surface area (TPSA) is 92.5 Å². The second-order valence-electron chi connectivity index (χ2n) is 4.74. The minimum Gasteiger partial charge on any atom is -0.382 e.